The molecule has 0 radical (unpaired) electrons. The van der Waals surface area contributed by atoms with Crippen LogP contribution in [0.4, 0.5) is 5.69 Å². The first kappa shape index (κ1) is 6.63. The minimum Gasteiger partial charge on any atom is -0.397 e. The monoisotopic (exact) mass is 132 g/mol. The van der Waals surface area contributed by atoms with Crippen LogP contribution < -0.4 is 5.73 Å². The molecule has 0 aliphatic rings. The van der Waals surface area contributed by atoms with Gasteiger partial charge in [-0.2, -0.15) is 0 Å². The molecule has 0 atom stereocenters. The SMILES string of the molecule is CC#Cc1cncc(N)c1. The number of hydrogen-bond acceptors (Lipinski definition) is 2. The molecule has 50 valence electrons. The summed E-state index contributed by atoms with van der Waals surface area (Å²) in [4.78, 5) is 3.88. The lowest BCUT2D eigenvalue weighted by Crippen LogP contribution is -1.86. The van der Waals surface area contributed by atoms with Crippen LogP contribution in [0.15, 0.2) is 18.5 Å². The van der Waals surface area contributed by atoms with Gasteiger partial charge in [-0.05, 0) is 13.0 Å². The first-order valence-corrected chi connectivity index (χ1v) is 2.96. The molecular formula is C8H8N2. The summed E-state index contributed by atoms with van der Waals surface area (Å²) in [5.74, 6) is 5.62. The highest BCUT2D eigenvalue weighted by molar-refractivity contribution is 5.43. The van der Waals surface area contributed by atoms with Crippen molar-refractivity contribution in [3.63, 3.8) is 0 Å². The summed E-state index contributed by atoms with van der Waals surface area (Å²) in [6.07, 6.45) is 3.29. The van der Waals surface area contributed by atoms with E-state index >= 15 is 0 Å². The normalized spacial score (nSPS) is 8.10. The number of rotatable bonds is 0. The molecular weight excluding hydrogens is 124 g/mol. The fourth-order valence-electron chi connectivity index (χ4n) is 0.670. The molecule has 2 nitrogen and oxygen atoms in total. The zero-order valence-corrected chi connectivity index (χ0v) is 5.76. The molecule has 0 aromatic carbocycles. The lowest BCUT2D eigenvalue weighted by atomic mass is 10.3. The van der Waals surface area contributed by atoms with Gasteiger partial charge in [0.05, 0.1) is 5.69 Å². The van der Waals surface area contributed by atoms with E-state index in [4.69, 9.17) is 5.73 Å². The summed E-state index contributed by atoms with van der Waals surface area (Å²) in [7, 11) is 0. The molecule has 1 aromatic rings. The minimum atomic E-state index is 0.653. The Morgan fingerprint density at radius 1 is 1.50 bits per heavy atom. The summed E-state index contributed by atoms with van der Waals surface area (Å²) in [6, 6.07) is 1.80. The average molecular weight is 132 g/mol. The average Bonchev–Trinajstić information content (AvgIpc) is 1.88. The van der Waals surface area contributed by atoms with Crippen molar-refractivity contribution in [3.8, 4) is 11.8 Å². The molecule has 0 saturated heterocycles. The molecule has 1 heterocycles. The van der Waals surface area contributed by atoms with Crippen molar-refractivity contribution in [2.75, 3.05) is 5.73 Å². The predicted molar refractivity (Wildman–Crippen MR) is 41.2 cm³/mol. The van der Waals surface area contributed by atoms with Crippen molar-refractivity contribution < 1.29 is 0 Å². The topological polar surface area (TPSA) is 38.9 Å². The molecule has 1 aromatic heterocycles. The maximum atomic E-state index is 5.46. The Labute approximate surface area is 60.1 Å². The summed E-state index contributed by atoms with van der Waals surface area (Å²) in [5, 5.41) is 0. The van der Waals surface area contributed by atoms with Gasteiger partial charge >= 0.3 is 0 Å². The summed E-state index contributed by atoms with van der Waals surface area (Å²) in [6.45, 7) is 1.78. The molecule has 0 bridgehead atoms. The number of aromatic nitrogens is 1. The van der Waals surface area contributed by atoms with Gasteiger partial charge in [0.2, 0.25) is 0 Å². The number of nitrogen functional groups attached to an aromatic ring is 1. The lowest BCUT2D eigenvalue weighted by Gasteiger charge is -1.90. The van der Waals surface area contributed by atoms with E-state index in [1.54, 1.807) is 25.4 Å². The Kier molecular flexibility index (Phi) is 1.91. The molecule has 0 aliphatic carbocycles. The molecule has 0 spiro atoms. The third-order valence-electron chi connectivity index (χ3n) is 1.03. The van der Waals surface area contributed by atoms with E-state index in [2.05, 4.69) is 16.8 Å². The number of hydrogen-bond donors (Lipinski definition) is 1. The Bertz CT molecular complexity index is 281. The number of pyridine rings is 1. The summed E-state index contributed by atoms with van der Waals surface area (Å²) in [5.41, 5.74) is 6.98. The highest BCUT2D eigenvalue weighted by Gasteiger charge is 1.86. The van der Waals surface area contributed by atoms with Crippen LogP contribution in [0.1, 0.15) is 12.5 Å². The summed E-state index contributed by atoms with van der Waals surface area (Å²) < 4.78 is 0. The third-order valence-corrected chi connectivity index (χ3v) is 1.03. The Balaban J connectivity index is 3.03. The first-order chi connectivity index (χ1) is 4.83. The fourth-order valence-corrected chi connectivity index (χ4v) is 0.670. The first-order valence-electron chi connectivity index (χ1n) is 2.96. The Morgan fingerprint density at radius 2 is 2.30 bits per heavy atom. The van der Waals surface area contributed by atoms with Gasteiger partial charge in [0, 0.05) is 18.0 Å². The van der Waals surface area contributed by atoms with E-state index in [0.29, 0.717) is 5.69 Å². The molecule has 1 rings (SSSR count). The maximum absolute atomic E-state index is 5.46. The molecule has 2 N–H and O–H groups in total. The van der Waals surface area contributed by atoms with Crippen LogP contribution >= 0.6 is 0 Å². The van der Waals surface area contributed by atoms with E-state index in [0.717, 1.165) is 5.56 Å². The molecule has 0 aliphatic heterocycles. The Morgan fingerprint density at radius 3 is 2.90 bits per heavy atom. The zero-order chi connectivity index (χ0) is 7.40. The van der Waals surface area contributed by atoms with Crippen molar-refractivity contribution >= 4 is 5.69 Å². The molecule has 0 saturated carbocycles. The van der Waals surface area contributed by atoms with E-state index in [-0.39, 0.29) is 0 Å². The minimum absolute atomic E-state index is 0.653. The van der Waals surface area contributed by atoms with Crippen LogP contribution in [0.2, 0.25) is 0 Å². The van der Waals surface area contributed by atoms with Crippen LogP contribution in [0.25, 0.3) is 0 Å². The molecule has 10 heavy (non-hydrogen) atoms. The van der Waals surface area contributed by atoms with Gasteiger partial charge in [0.15, 0.2) is 0 Å². The molecule has 2 heteroatoms. The van der Waals surface area contributed by atoms with Crippen molar-refractivity contribution in [3.05, 3.63) is 24.0 Å². The zero-order valence-electron chi connectivity index (χ0n) is 5.76. The smallest absolute Gasteiger partial charge is 0.0513 e. The summed E-state index contributed by atoms with van der Waals surface area (Å²) >= 11 is 0. The number of anilines is 1. The van der Waals surface area contributed by atoms with Crippen LogP contribution in [0, 0.1) is 11.8 Å². The quantitative estimate of drug-likeness (QED) is 0.535. The molecule has 0 fully saturated rings. The second-order valence-electron chi connectivity index (χ2n) is 1.88. The number of nitrogens with two attached hydrogens (primary N) is 1. The highest BCUT2D eigenvalue weighted by atomic mass is 14.7. The van der Waals surface area contributed by atoms with Crippen molar-refractivity contribution in [2.45, 2.75) is 6.92 Å². The Hall–Kier alpha value is -1.49. The molecule has 0 unspecified atom stereocenters. The lowest BCUT2D eigenvalue weighted by molar-refractivity contribution is 1.32. The standard InChI is InChI=1S/C8H8N2/c1-2-3-7-4-8(9)6-10-5-7/h4-6H,9H2,1H3. The highest BCUT2D eigenvalue weighted by Crippen LogP contribution is 2.00. The van der Waals surface area contributed by atoms with Gasteiger partial charge in [0.25, 0.3) is 0 Å². The molecule has 0 amide bonds. The van der Waals surface area contributed by atoms with Gasteiger partial charge in [-0.3, -0.25) is 4.98 Å². The third kappa shape index (κ3) is 1.49. The van der Waals surface area contributed by atoms with Crippen LogP contribution in [-0.2, 0) is 0 Å². The van der Waals surface area contributed by atoms with Gasteiger partial charge in [-0.25, -0.2) is 0 Å². The van der Waals surface area contributed by atoms with Crippen molar-refractivity contribution in [1.29, 1.82) is 0 Å². The van der Waals surface area contributed by atoms with E-state index in [1.807, 2.05) is 0 Å². The van der Waals surface area contributed by atoms with Crippen LogP contribution in [0.5, 0.6) is 0 Å². The van der Waals surface area contributed by atoms with Gasteiger partial charge in [-0.15, -0.1) is 5.92 Å². The van der Waals surface area contributed by atoms with Gasteiger partial charge in [0.1, 0.15) is 0 Å². The predicted octanol–water partition coefficient (Wildman–Crippen LogP) is 1.04. The van der Waals surface area contributed by atoms with Crippen molar-refractivity contribution in [2.24, 2.45) is 0 Å². The fraction of sp³-hybridized carbons (Fsp3) is 0.125. The van der Waals surface area contributed by atoms with E-state index in [9.17, 15) is 0 Å². The van der Waals surface area contributed by atoms with E-state index < -0.39 is 0 Å². The second-order valence-corrected chi connectivity index (χ2v) is 1.88. The second kappa shape index (κ2) is 2.88. The van der Waals surface area contributed by atoms with Crippen LogP contribution in [0.3, 0.4) is 0 Å². The van der Waals surface area contributed by atoms with Crippen molar-refractivity contribution in [1.82, 2.24) is 4.98 Å². The number of nitrogens with zero attached hydrogens (tertiary/aromatic N) is 1. The van der Waals surface area contributed by atoms with Gasteiger partial charge < -0.3 is 5.73 Å². The van der Waals surface area contributed by atoms with E-state index in [1.165, 1.54) is 0 Å². The van der Waals surface area contributed by atoms with Gasteiger partial charge in [-0.1, -0.05) is 5.92 Å². The van der Waals surface area contributed by atoms with Crippen LogP contribution in [-0.4, -0.2) is 4.98 Å². The maximum Gasteiger partial charge on any atom is 0.0513 e. The largest absolute Gasteiger partial charge is 0.397 e.